The molecule has 0 aliphatic carbocycles. The van der Waals surface area contributed by atoms with Gasteiger partial charge in [0, 0.05) is 38.5 Å². The van der Waals surface area contributed by atoms with Crippen LogP contribution in [0.1, 0.15) is 69.4 Å². The van der Waals surface area contributed by atoms with Crippen LogP contribution in [0.2, 0.25) is 0 Å². The van der Waals surface area contributed by atoms with Crippen molar-refractivity contribution < 1.29 is 50.6 Å². The van der Waals surface area contributed by atoms with Crippen molar-refractivity contribution in [3.63, 3.8) is 0 Å². The fraction of sp³-hybridized carbons (Fsp3) is 0.516. The van der Waals surface area contributed by atoms with E-state index in [-0.39, 0.29) is 31.4 Å². The molecule has 2 aromatic rings. The van der Waals surface area contributed by atoms with Crippen LogP contribution < -0.4 is 12.4 Å². The van der Waals surface area contributed by atoms with Crippen LogP contribution in [0.3, 0.4) is 0 Å². The Labute approximate surface area is 241 Å². The molecule has 3 saturated heterocycles. The molecule has 3 unspecified atom stereocenters. The fourth-order valence-electron chi connectivity index (χ4n) is 7.20. The second kappa shape index (κ2) is 12.7. The van der Waals surface area contributed by atoms with Gasteiger partial charge < -0.3 is 36.2 Å². The van der Waals surface area contributed by atoms with Crippen LogP contribution in [0, 0.1) is 0 Å². The molecule has 3 aliphatic rings. The lowest BCUT2D eigenvalue weighted by molar-refractivity contribution is -0.956. The number of quaternary nitrogens is 1. The van der Waals surface area contributed by atoms with E-state index in [1.165, 1.54) is 50.2 Å². The predicted molar refractivity (Wildman–Crippen MR) is 142 cm³/mol. The van der Waals surface area contributed by atoms with Crippen LogP contribution in [-0.2, 0) is 34.2 Å². The molecule has 3 heterocycles. The van der Waals surface area contributed by atoms with E-state index in [1.807, 2.05) is 60.7 Å². The third-order valence-corrected chi connectivity index (χ3v) is 8.86. The Kier molecular flexibility index (Phi) is 9.54. The number of hydrogen-bond acceptors (Lipinski definition) is 6. The number of ether oxygens (including phenoxy) is 3. The van der Waals surface area contributed by atoms with Crippen LogP contribution in [0.4, 0.5) is 0 Å². The van der Waals surface area contributed by atoms with Crippen LogP contribution >= 0.6 is 0 Å². The van der Waals surface area contributed by atoms with E-state index in [4.69, 9.17) is 19.3 Å². The van der Waals surface area contributed by atoms with E-state index in [9.17, 15) is 14.4 Å². The molecule has 3 aliphatic heterocycles. The maximum atomic E-state index is 14.3. The van der Waals surface area contributed by atoms with Crippen molar-refractivity contribution in [3.05, 3.63) is 71.8 Å². The molecular formula is C31H38ClNO7. The summed E-state index contributed by atoms with van der Waals surface area (Å²) in [4.78, 5) is 37.6. The van der Waals surface area contributed by atoms with Crippen molar-refractivity contribution in [3.8, 4) is 0 Å². The molecule has 9 heteroatoms. The van der Waals surface area contributed by atoms with Gasteiger partial charge in [-0.2, -0.15) is 0 Å². The number of carbonyl (C=O) groups is 3. The zero-order chi connectivity index (χ0) is 27.5. The Balaban J connectivity index is 0.00000370. The number of nitrogens with zero attached hydrogens (tertiary/aromatic N) is 1. The Bertz CT molecular complexity index is 1110. The zero-order valence-electron chi connectivity index (χ0n) is 22.9. The Morgan fingerprint density at radius 2 is 1.43 bits per heavy atom. The summed E-state index contributed by atoms with van der Waals surface area (Å²) in [6.07, 6.45) is 4.63. The smallest absolute Gasteiger partial charge is 0.348 e. The first-order valence-electron chi connectivity index (χ1n) is 14.1. The van der Waals surface area contributed by atoms with Gasteiger partial charge in [0.25, 0.3) is 0 Å². The maximum absolute atomic E-state index is 14.3. The van der Waals surface area contributed by atoms with Crippen molar-refractivity contribution in [2.75, 3.05) is 13.1 Å². The number of hydrogen-bond donors (Lipinski definition) is 1. The van der Waals surface area contributed by atoms with Crippen molar-refractivity contribution in [1.82, 2.24) is 0 Å². The summed E-state index contributed by atoms with van der Waals surface area (Å²) in [5.74, 6) is -2.34. The quantitative estimate of drug-likeness (QED) is 0.262. The minimum absolute atomic E-state index is 0. The Morgan fingerprint density at radius 1 is 0.900 bits per heavy atom. The number of piperidine rings is 1. The molecule has 1 spiro atoms. The second-order valence-electron chi connectivity index (χ2n) is 11.1. The molecule has 2 bridgehead atoms. The van der Waals surface area contributed by atoms with Gasteiger partial charge in [0.15, 0.2) is 0 Å². The van der Waals surface area contributed by atoms with Gasteiger partial charge in [-0.3, -0.25) is 9.59 Å². The molecular weight excluding hydrogens is 534 g/mol. The van der Waals surface area contributed by atoms with Gasteiger partial charge in [-0.05, 0) is 18.1 Å². The summed E-state index contributed by atoms with van der Waals surface area (Å²) >= 11 is 0. The third kappa shape index (κ3) is 5.90. The highest BCUT2D eigenvalue weighted by Gasteiger charge is 2.57. The second-order valence-corrected chi connectivity index (χ2v) is 11.1. The van der Waals surface area contributed by atoms with Crippen LogP contribution in [-0.4, -0.2) is 65.1 Å². The van der Waals surface area contributed by atoms with E-state index in [1.54, 1.807) is 0 Å². The standard InChI is InChI=1S/C31H37NO7.ClH/c1-22(37-29(35)17-16-28(33)34)39-31(23-10-4-2-5-11-23,24-12-6-3-7-13-24)30(36)38-27-20-25-14-15-26(21-27)32(25)18-8-9-19-32;/h2-7,10-13,22,25-27H,8-9,14-21H2,1H3;1H. The first-order valence-corrected chi connectivity index (χ1v) is 14.1. The van der Waals surface area contributed by atoms with Crippen molar-refractivity contribution in [2.45, 2.75) is 88.4 Å². The number of rotatable bonds is 10. The number of esters is 2. The summed E-state index contributed by atoms with van der Waals surface area (Å²) in [7, 11) is 0. The normalized spacial score (nSPS) is 23.7. The van der Waals surface area contributed by atoms with Gasteiger partial charge in [-0.1, -0.05) is 60.7 Å². The number of carboxylic acid groups (broad SMARTS) is 1. The lowest BCUT2D eigenvalue weighted by atomic mass is 9.85. The predicted octanol–water partition coefficient (Wildman–Crippen LogP) is 1.55. The SMILES string of the molecule is CC(OC(=O)CCC(=O)O)OC(C(=O)OC1CC2CCC(C1)[N+]21CCCC1)(c1ccccc1)c1ccccc1.[Cl-]. The molecule has 2 aromatic carbocycles. The average Bonchev–Trinajstić information content (AvgIpc) is 3.48. The zero-order valence-corrected chi connectivity index (χ0v) is 23.6. The van der Waals surface area contributed by atoms with Crippen LogP contribution in [0.5, 0.6) is 0 Å². The van der Waals surface area contributed by atoms with Gasteiger partial charge in [0.2, 0.25) is 11.9 Å². The highest BCUT2D eigenvalue weighted by atomic mass is 35.5. The lowest BCUT2D eigenvalue weighted by Gasteiger charge is -2.47. The summed E-state index contributed by atoms with van der Waals surface area (Å²) in [5, 5.41) is 8.92. The van der Waals surface area contributed by atoms with Gasteiger partial charge in [-0.25, -0.2) is 4.79 Å². The van der Waals surface area contributed by atoms with Gasteiger partial charge in [0.1, 0.15) is 6.10 Å². The molecule has 0 saturated carbocycles. The van der Waals surface area contributed by atoms with E-state index in [2.05, 4.69) is 0 Å². The molecule has 3 atom stereocenters. The molecule has 40 heavy (non-hydrogen) atoms. The highest BCUT2D eigenvalue weighted by molar-refractivity contribution is 5.86. The Morgan fingerprint density at radius 3 is 1.93 bits per heavy atom. The first kappa shape index (κ1) is 30.0. The van der Waals surface area contributed by atoms with E-state index < -0.39 is 29.8 Å². The van der Waals surface area contributed by atoms with Gasteiger partial charge >= 0.3 is 17.9 Å². The number of aliphatic carboxylic acids is 1. The Hall–Kier alpha value is -2.94. The number of halogens is 1. The molecule has 3 fully saturated rings. The highest BCUT2D eigenvalue weighted by Crippen LogP contribution is 2.47. The summed E-state index contributed by atoms with van der Waals surface area (Å²) < 4.78 is 19.3. The molecule has 0 aromatic heterocycles. The van der Waals surface area contributed by atoms with Gasteiger partial charge in [-0.15, -0.1) is 0 Å². The van der Waals surface area contributed by atoms with Crippen molar-refractivity contribution in [1.29, 1.82) is 0 Å². The minimum atomic E-state index is -1.68. The fourth-order valence-corrected chi connectivity index (χ4v) is 7.20. The van der Waals surface area contributed by atoms with E-state index in [0.717, 1.165) is 12.8 Å². The monoisotopic (exact) mass is 571 g/mol. The summed E-state index contributed by atoms with van der Waals surface area (Å²) in [5.41, 5.74) is -0.543. The topological polar surface area (TPSA) is 99.1 Å². The summed E-state index contributed by atoms with van der Waals surface area (Å²) in [6.45, 7) is 4.01. The molecule has 216 valence electrons. The molecule has 0 radical (unpaired) electrons. The van der Waals surface area contributed by atoms with Crippen molar-refractivity contribution in [2.24, 2.45) is 0 Å². The first-order chi connectivity index (χ1) is 18.8. The average molecular weight is 572 g/mol. The maximum Gasteiger partial charge on any atom is 0.348 e. The molecule has 5 rings (SSSR count). The minimum Gasteiger partial charge on any atom is -1.00 e. The molecule has 0 amide bonds. The largest absolute Gasteiger partial charge is 1.00 e. The van der Waals surface area contributed by atoms with Crippen LogP contribution in [0.15, 0.2) is 60.7 Å². The lowest BCUT2D eigenvalue weighted by Crippen LogP contribution is -3.00. The summed E-state index contributed by atoms with van der Waals surface area (Å²) in [6, 6.07) is 19.3. The van der Waals surface area contributed by atoms with Gasteiger partial charge in [0.05, 0.1) is 38.0 Å². The number of benzene rings is 2. The molecule has 1 N–H and O–H groups in total. The van der Waals surface area contributed by atoms with Crippen molar-refractivity contribution >= 4 is 17.9 Å². The van der Waals surface area contributed by atoms with E-state index in [0.29, 0.717) is 23.2 Å². The van der Waals surface area contributed by atoms with Crippen LogP contribution in [0.25, 0.3) is 0 Å². The number of carbonyl (C=O) groups excluding carboxylic acids is 2. The third-order valence-electron chi connectivity index (χ3n) is 8.86. The molecule has 8 nitrogen and oxygen atoms in total. The number of carboxylic acids is 1. The van der Waals surface area contributed by atoms with E-state index >= 15 is 0 Å².